The van der Waals surface area contributed by atoms with E-state index in [2.05, 4.69) is 11.1 Å². The van der Waals surface area contributed by atoms with Gasteiger partial charge < -0.3 is 29.7 Å². The van der Waals surface area contributed by atoms with Crippen LogP contribution in [-0.2, 0) is 19.4 Å². The molecule has 0 amide bonds. The van der Waals surface area contributed by atoms with Crippen molar-refractivity contribution in [2.75, 3.05) is 53.6 Å². The minimum atomic E-state index is -4.16. The van der Waals surface area contributed by atoms with Gasteiger partial charge in [0.15, 0.2) is 0 Å². The molecule has 0 heterocycles. The number of hydrogen-bond donors (Lipinski definition) is 4. The van der Waals surface area contributed by atoms with Crippen molar-refractivity contribution in [3.05, 3.63) is 0 Å². The standard InChI is InChI=1S/C18H36O2.C7H18NO3.CH4O4S/c1-2-3-4-5-6-7-8-9-10-11-12-13-14-15-16-17-18(19)20;1-8(2-5-9,3-6-10)4-7-11;1-5-6(2,3)4/h2-17H2,1H3,(H,19,20);9-11H,2-7H2,1H3;1H3,(H,2,3,4)/q;+1;/p-1. The molecule has 0 aliphatic heterocycles. The second-order valence-corrected chi connectivity index (χ2v) is 10.8. The summed E-state index contributed by atoms with van der Waals surface area (Å²) in [5, 5.41) is 36.3. The Morgan fingerprint density at radius 2 is 0.973 bits per heavy atom. The van der Waals surface area contributed by atoms with E-state index < -0.39 is 16.4 Å². The number of aliphatic carboxylic acids is 1. The highest BCUT2D eigenvalue weighted by molar-refractivity contribution is 7.80. The molecule has 0 aromatic carbocycles. The number of carbonyl (C=O) groups excluding carboxylic acids is 1. The number of aliphatic hydroxyl groups is 3. The molecule has 0 fully saturated rings. The lowest BCUT2D eigenvalue weighted by atomic mass is 10.0. The number of carbonyl (C=O) groups is 1. The molecule has 0 atom stereocenters. The van der Waals surface area contributed by atoms with E-state index in [1.165, 1.54) is 83.5 Å². The number of carboxylic acids is 1. The average molecular weight is 560 g/mol. The quantitative estimate of drug-likeness (QED) is 0.0837. The summed E-state index contributed by atoms with van der Waals surface area (Å²) in [5.74, 6) is -0.903. The van der Waals surface area contributed by atoms with Crippen molar-refractivity contribution in [1.29, 1.82) is 0 Å². The molecule has 4 N–H and O–H groups in total. The van der Waals surface area contributed by atoms with Gasteiger partial charge in [0.05, 0.1) is 34.0 Å². The molecule has 226 valence electrons. The van der Waals surface area contributed by atoms with Gasteiger partial charge in [-0.3, -0.25) is 8.74 Å². The number of rotatable bonds is 23. The van der Waals surface area contributed by atoms with E-state index in [9.17, 15) is 18.3 Å². The van der Waals surface area contributed by atoms with Gasteiger partial charge in [0, 0.05) is 5.97 Å². The molecule has 0 saturated heterocycles. The zero-order valence-corrected chi connectivity index (χ0v) is 24.6. The van der Waals surface area contributed by atoms with Crippen LogP contribution < -0.4 is 5.11 Å². The van der Waals surface area contributed by atoms with Gasteiger partial charge in [-0.1, -0.05) is 96.8 Å². The molecule has 0 radical (unpaired) electrons. The first kappa shape index (κ1) is 40.7. The summed E-state index contributed by atoms with van der Waals surface area (Å²) in [6.07, 6.45) is 19.9. The van der Waals surface area contributed by atoms with Crippen molar-refractivity contribution in [3.8, 4) is 0 Å². The van der Waals surface area contributed by atoms with E-state index in [-0.39, 0.29) is 26.2 Å². The molecule has 0 aromatic heterocycles. The van der Waals surface area contributed by atoms with Crippen LogP contribution >= 0.6 is 0 Å². The summed E-state index contributed by atoms with van der Waals surface area (Å²) < 4.78 is 30.2. The lowest BCUT2D eigenvalue weighted by Gasteiger charge is -2.32. The van der Waals surface area contributed by atoms with Crippen molar-refractivity contribution in [2.45, 2.75) is 110 Å². The highest BCUT2D eigenvalue weighted by Crippen LogP contribution is 2.13. The minimum Gasteiger partial charge on any atom is -0.550 e. The van der Waals surface area contributed by atoms with Crippen LogP contribution in [0.15, 0.2) is 0 Å². The van der Waals surface area contributed by atoms with Crippen LogP contribution in [0.2, 0.25) is 0 Å². The van der Waals surface area contributed by atoms with E-state index in [1.54, 1.807) is 0 Å². The summed E-state index contributed by atoms with van der Waals surface area (Å²) in [5.41, 5.74) is 0. The predicted molar refractivity (Wildman–Crippen MR) is 145 cm³/mol. The van der Waals surface area contributed by atoms with Crippen molar-refractivity contribution in [1.82, 2.24) is 0 Å². The van der Waals surface area contributed by atoms with E-state index in [1.807, 2.05) is 7.05 Å². The largest absolute Gasteiger partial charge is 0.550 e. The Morgan fingerprint density at radius 3 is 1.19 bits per heavy atom. The lowest BCUT2D eigenvalue weighted by molar-refractivity contribution is -0.910. The van der Waals surface area contributed by atoms with Gasteiger partial charge >= 0.3 is 10.4 Å². The molecular formula is C26H57NO9S. The SMILES string of the molecule is CCCCCCCCCCCCCCCCCC(=O)[O-].COS(=O)(=O)O.C[N+](CCO)(CCO)CCO. The van der Waals surface area contributed by atoms with E-state index in [4.69, 9.17) is 19.9 Å². The van der Waals surface area contributed by atoms with Gasteiger partial charge in [-0.2, -0.15) is 8.42 Å². The normalized spacial score (nSPS) is 11.3. The highest BCUT2D eigenvalue weighted by atomic mass is 32.3. The van der Waals surface area contributed by atoms with Crippen LogP contribution in [0, 0.1) is 0 Å². The van der Waals surface area contributed by atoms with Crippen LogP contribution in [0.25, 0.3) is 0 Å². The van der Waals surface area contributed by atoms with Crippen LogP contribution in [0.5, 0.6) is 0 Å². The Kier molecular flexibility index (Phi) is 32.7. The van der Waals surface area contributed by atoms with Crippen LogP contribution in [-0.4, -0.2) is 92.4 Å². The predicted octanol–water partition coefficient (Wildman–Crippen LogP) is 2.84. The third-order valence-corrected chi connectivity index (χ3v) is 6.54. The first-order valence-electron chi connectivity index (χ1n) is 13.9. The van der Waals surface area contributed by atoms with E-state index >= 15 is 0 Å². The maximum atomic E-state index is 10.2. The van der Waals surface area contributed by atoms with E-state index in [0.29, 0.717) is 24.1 Å². The first-order valence-corrected chi connectivity index (χ1v) is 15.3. The van der Waals surface area contributed by atoms with Crippen molar-refractivity contribution >= 4 is 16.4 Å². The number of aliphatic hydroxyl groups excluding tert-OH is 3. The molecule has 0 rings (SSSR count). The Bertz CT molecular complexity index is 557. The number of quaternary nitrogens is 1. The first-order chi connectivity index (χ1) is 17.5. The molecule has 10 nitrogen and oxygen atoms in total. The van der Waals surface area contributed by atoms with Crippen molar-refractivity contribution in [3.63, 3.8) is 0 Å². The molecule has 0 aliphatic rings. The molecule has 0 unspecified atom stereocenters. The highest BCUT2D eigenvalue weighted by Gasteiger charge is 2.18. The fourth-order valence-corrected chi connectivity index (χ4v) is 3.70. The lowest BCUT2D eigenvalue weighted by Crippen LogP contribution is -2.49. The second kappa shape index (κ2) is 29.7. The van der Waals surface area contributed by atoms with Crippen LogP contribution in [0.4, 0.5) is 0 Å². The number of likely N-dealkylation sites (N-methyl/N-ethyl adjacent to an activating group) is 1. The van der Waals surface area contributed by atoms with E-state index in [0.717, 1.165) is 20.0 Å². The maximum absolute atomic E-state index is 10.2. The van der Waals surface area contributed by atoms with Gasteiger partial charge in [-0.15, -0.1) is 0 Å². The maximum Gasteiger partial charge on any atom is 0.397 e. The zero-order valence-electron chi connectivity index (χ0n) is 23.7. The molecule has 0 spiro atoms. The van der Waals surface area contributed by atoms with Gasteiger partial charge in [-0.25, -0.2) is 0 Å². The van der Waals surface area contributed by atoms with Gasteiger partial charge in [0.1, 0.15) is 19.6 Å². The fraction of sp³-hybridized carbons (Fsp3) is 0.962. The molecule has 0 aromatic rings. The van der Waals surface area contributed by atoms with Crippen LogP contribution in [0.1, 0.15) is 110 Å². The fourth-order valence-electron chi connectivity index (χ4n) is 3.70. The number of nitrogens with zero attached hydrogens (tertiary/aromatic N) is 1. The Hall–Kier alpha value is -0.820. The Balaban J connectivity index is -0.000000566. The van der Waals surface area contributed by atoms with Gasteiger partial charge in [0.2, 0.25) is 0 Å². The van der Waals surface area contributed by atoms with Crippen LogP contribution in [0.3, 0.4) is 0 Å². The smallest absolute Gasteiger partial charge is 0.397 e. The minimum absolute atomic E-state index is 0.0938. The Morgan fingerprint density at radius 1 is 0.703 bits per heavy atom. The Labute approximate surface area is 226 Å². The molecular weight excluding hydrogens is 502 g/mol. The monoisotopic (exact) mass is 559 g/mol. The summed E-state index contributed by atoms with van der Waals surface area (Å²) in [7, 11) is -1.39. The summed E-state index contributed by atoms with van der Waals surface area (Å²) in [4.78, 5) is 10.2. The van der Waals surface area contributed by atoms with Gasteiger partial charge in [0.25, 0.3) is 0 Å². The average Bonchev–Trinajstić information content (AvgIpc) is 2.82. The molecule has 37 heavy (non-hydrogen) atoms. The molecule has 0 saturated carbocycles. The zero-order chi connectivity index (χ0) is 28.8. The third kappa shape index (κ3) is 39.8. The summed E-state index contributed by atoms with van der Waals surface area (Å²) >= 11 is 0. The number of hydrogen-bond acceptors (Lipinski definition) is 8. The number of unbranched alkanes of at least 4 members (excludes halogenated alkanes) is 14. The molecule has 11 heteroatoms. The third-order valence-electron chi connectivity index (χ3n) is 6.11. The molecule has 0 aliphatic carbocycles. The van der Waals surface area contributed by atoms with Crippen molar-refractivity contribution < 1.29 is 46.9 Å². The molecule has 0 bridgehead atoms. The topological polar surface area (TPSA) is 164 Å². The second-order valence-electron chi connectivity index (χ2n) is 9.63. The van der Waals surface area contributed by atoms with Crippen molar-refractivity contribution in [2.24, 2.45) is 0 Å². The van der Waals surface area contributed by atoms with Gasteiger partial charge in [-0.05, 0) is 12.8 Å². The number of carboxylic acid groups (broad SMARTS) is 1. The summed E-state index contributed by atoms with van der Waals surface area (Å²) in [6.45, 7) is 4.30. The summed E-state index contributed by atoms with van der Waals surface area (Å²) in [6, 6.07) is 0.